The van der Waals surface area contributed by atoms with Crippen molar-refractivity contribution in [3.8, 4) is 34.5 Å². The molecule has 0 bridgehead atoms. The van der Waals surface area contributed by atoms with E-state index in [9.17, 15) is 4.79 Å². The highest BCUT2D eigenvalue weighted by molar-refractivity contribution is 6.90. The Morgan fingerprint density at radius 2 is 1.51 bits per heavy atom. The van der Waals surface area contributed by atoms with E-state index in [4.69, 9.17) is 28.9 Å². The molecule has 0 radical (unpaired) electrons. The summed E-state index contributed by atoms with van der Waals surface area (Å²) in [4.78, 5) is 30.8. The van der Waals surface area contributed by atoms with Crippen LogP contribution in [0.4, 0.5) is 23.8 Å². The third kappa shape index (κ3) is 10.0. The zero-order valence-electron chi connectivity index (χ0n) is 44.7. The van der Waals surface area contributed by atoms with Crippen LogP contribution in [-0.2, 0) is 4.74 Å². The molecule has 2 atom stereocenters. The van der Waals surface area contributed by atoms with E-state index in [0.29, 0.717) is 64.8 Å². The maximum absolute atomic E-state index is 18.4. The minimum Gasteiger partial charge on any atom is -0.543 e. The van der Waals surface area contributed by atoms with Crippen molar-refractivity contribution in [3.63, 3.8) is 0 Å². The molecule has 0 saturated carbocycles. The Morgan fingerprint density at radius 1 is 0.857 bits per heavy atom. The lowest BCUT2D eigenvalue weighted by atomic mass is 9.95. The summed E-state index contributed by atoms with van der Waals surface area (Å²) in [5, 5.41) is 4.61. The van der Waals surface area contributed by atoms with Crippen LogP contribution in [0.2, 0.25) is 33.2 Å². The molecule has 382 valence electrons. The number of nitrogens with zero attached hydrogens (tertiary/aromatic N) is 6. The molecule has 7 rings (SSSR count). The summed E-state index contributed by atoms with van der Waals surface area (Å²) < 4.78 is 69.9. The first kappa shape index (κ1) is 53.4. The van der Waals surface area contributed by atoms with E-state index >= 15 is 13.2 Å². The zero-order valence-corrected chi connectivity index (χ0v) is 46.7. The molecule has 5 heterocycles. The van der Waals surface area contributed by atoms with Gasteiger partial charge in [0, 0.05) is 43.2 Å². The average molecular weight is 1000 g/mol. The van der Waals surface area contributed by atoms with Gasteiger partial charge in [0.05, 0.1) is 16.5 Å². The maximum Gasteiger partial charge on any atom is 0.429 e. The number of carbonyl (C=O) groups is 1. The van der Waals surface area contributed by atoms with Crippen LogP contribution in [0.5, 0.6) is 11.8 Å². The number of amides is 1. The number of rotatable bonds is 13. The first-order chi connectivity index (χ1) is 32.9. The molecule has 0 spiro atoms. The molecule has 3 saturated heterocycles. The van der Waals surface area contributed by atoms with E-state index in [1.54, 1.807) is 17.3 Å². The van der Waals surface area contributed by atoms with Gasteiger partial charge in [-0.25, -0.2) is 23.0 Å². The number of ether oxygens (including phenoxy) is 2. The van der Waals surface area contributed by atoms with Crippen LogP contribution in [0.3, 0.4) is 0 Å². The summed E-state index contributed by atoms with van der Waals surface area (Å²) in [5.41, 5.74) is 4.39. The molecule has 0 aliphatic carbocycles. The minimum absolute atomic E-state index is 0.0605. The highest BCUT2D eigenvalue weighted by atomic mass is 28.4. The zero-order chi connectivity index (χ0) is 51.2. The van der Waals surface area contributed by atoms with E-state index in [1.165, 1.54) is 11.1 Å². The van der Waals surface area contributed by atoms with Crippen molar-refractivity contribution in [1.29, 1.82) is 0 Å². The molecule has 3 aliphatic rings. The molecule has 1 amide bonds. The highest BCUT2D eigenvalue weighted by Crippen LogP contribution is 2.47. The molecule has 70 heavy (non-hydrogen) atoms. The molecule has 0 N–H and O–H groups in total. The third-order valence-electron chi connectivity index (χ3n) is 15.8. The Morgan fingerprint density at radius 3 is 2.14 bits per heavy atom. The molecule has 2 aromatic carbocycles. The normalized spacial score (nSPS) is 19.6. The van der Waals surface area contributed by atoms with Crippen molar-refractivity contribution in [2.45, 2.75) is 193 Å². The highest BCUT2D eigenvalue weighted by Gasteiger charge is 2.50. The van der Waals surface area contributed by atoms with Crippen LogP contribution >= 0.6 is 0 Å². The summed E-state index contributed by atoms with van der Waals surface area (Å²) >= 11 is 0. The van der Waals surface area contributed by atoms with Gasteiger partial charge in [-0.05, 0) is 116 Å². The smallest absolute Gasteiger partial charge is 0.429 e. The molecule has 15 heteroatoms. The number of carbonyl (C=O) groups excluding carboxylic acids is 1. The van der Waals surface area contributed by atoms with Crippen LogP contribution in [0.1, 0.15) is 148 Å². The molecule has 2 aromatic heterocycles. The number of anilines is 1. The quantitative estimate of drug-likeness (QED) is 0.0959. The monoisotopic (exact) mass is 1000 g/mol. The summed E-state index contributed by atoms with van der Waals surface area (Å²) in [6.45, 7) is 34.0. The number of hydrazine groups is 1. The second kappa shape index (κ2) is 20.6. The standard InChI is InChI=1S/C55H79F3N6O4Si2/c1-34(2)69(35(3)4,36(5)6)27-22-43-46(57)21-20-40-28-42(68-70(37(7)8,38(9)10)39(11)12)29-44(47(40)43)49-48(58)50-45(31-59-49)51(63-25-17-16-18-26-64(63)53(65)67-54(13,14)15)61-52(60-50)66-33-55-23-19-24-62(55)32-41(56)30-55/h20-21,28-29,31,34-39,41H,16-19,23-26,30,32-33H2,1-15H3/t41-,55+/m1/s1. The molecular formula is C55H79F3N6O4Si2. The predicted molar refractivity (Wildman–Crippen MR) is 282 cm³/mol. The van der Waals surface area contributed by atoms with Gasteiger partial charge in [-0.3, -0.25) is 14.9 Å². The average Bonchev–Trinajstić information content (AvgIpc) is 3.67. The molecule has 3 fully saturated rings. The number of aromatic nitrogens is 3. The van der Waals surface area contributed by atoms with Crippen LogP contribution in [0.15, 0.2) is 30.5 Å². The largest absolute Gasteiger partial charge is 0.543 e. The fraction of sp³-hybridized carbons (Fsp3) is 0.636. The van der Waals surface area contributed by atoms with E-state index in [0.717, 1.165) is 38.6 Å². The van der Waals surface area contributed by atoms with Crippen molar-refractivity contribution in [2.75, 3.05) is 37.8 Å². The first-order valence-corrected chi connectivity index (χ1v) is 30.4. The Balaban J connectivity index is 1.52. The van der Waals surface area contributed by atoms with Crippen LogP contribution < -0.4 is 14.2 Å². The molecule has 10 nitrogen and oxygen atoms in total. The van der Waals surface area contributed by atoms with E-state index in [2.05, 4.69) is 99.4 Å². The van der Waals surface area contributed by atoms with Crippen molar-refractivity contribution < 1.29 is 31.9 Å². The van der Waals surface area contributed by atoms with Gasteiger partial charge in [0.2, 0.25) is 0 Å². The predicted octanol–water partition coefficient (Wildman–Crippen LogP) is 14.3. The lowest BCUT2D eigenvalue weighted by molar-refractivity contribution is 0.0232. The number of benzene rings is 2. The Hall–Kier alpha value is -4.40. The van der Waals surface area contributed by atoms with Gasteiger partial charge in [0.1, 0.15) is 49.2 Å². The first-order valence-electron chi connectivity index (χ1n) is 26.0. The Kier molecular flexibility index (Phi) is 15.7. The summed E-state index contributed by atoms with van der Waals surface area (Å²) in [6.07, 6.45) is 4.29. The molecule has 0 unspecified atom stereocenters. The van der Waals surface area contributed by atoms with Crippen LogP contribution in [0, 0.1) is 23.1 Å². The van der Waals surface area contributed by atoms with Crippen molar-refractivity contribution in [3.05, 3.63) is 47.7 Å². The van der Waals surface area contributed by atoms with E-state index < -0.39 is 51.4 Å². The lowest BCUT2D eigenvalue weighted by Gasteiger charge is -2.42. The number of halogens is 3. The minimum atomic E-state index is -2.57. The second-order valence-corrected chi connectivity index (χ2v) is 34.2. The fourth-order valence-electron chi connectivity index (χ4n) is 12.7. The van der Waals surface area contributed by atoms with Gasteiger partial charge in [-0.1, -0.05) is 95.1 Å². The van der Waals surface area contributed by atoms with Crippen molar-refractivity contribution in [2.24, 2.45) is 0 Å². The summed E-state index contributed by atoms with van der Waals surface area (Å²) in [5.74, 6) is 2.93. The SMILES string of the molecule is CC(C)[Si](C#Cc1c(F)ccc2cc(O[Si](C(C)C)(C(C)C)C(C)C)cc(-c3ncc4c(N5CCCCCN5C(=O)OC(C)(C)C)nc(OC[C@@]56CCCN5C[C@H](F)C6)nc4c3F)c12)(C(C)C)C(C)C. The van der Waals surface area contributed by atoms with Gasteiger partial charge in [0.15, 0.2) is 11.6 Å². The number of fused-ring (bicyclic) bond motifs is 3. The van der Waals surface area contributed by atoms with Gasteiger partial charge >= 0.3 is 12.1 Å². The summed E-state index contributed by atoms with van der Waals surface area (Å²) in [6, 6.07) is 6.83. The van der Waals surface area contributed by atoms with E-state index in [1.807, 2.05) is 32.9 Å². The fourth-order valence-corrected chi connectivity index (χ4v) is 23.2. The Bertz CT molecular complexity index is 2580. The van der Waals surface area contributed by atoms with Gasteiger partial charge in [0.25, 0.3) is 8.32 Å². The van der Waals surface area contributed by atoms with E-state index in [-0.39, 0.29) is 57.2 Å². The second-order valence-electron chi connectivity index (χ2n) is 23.2. The number of pyridine rings is 1. The lowest BCUT2D eigenvalue weighted by Crippen LogP contribution is -2.50. The van der Waals surface area contributed by atoms with Gasteiger partial charge < -0.3 is 13.9 Å². The Labute approximate surface area is 417 Å². The van der Waals surface area contributed by atoms with Gasteiger partial charge in [-0.15, -0.1) is 5.54 Å². The van der Waals surface area contributed by atoms with Crippen molar-refractivity contribution in [1.82, 2.24) is 24.9 Å². The summed E-state index contributed by atoms with van der Waals surface area (Å²) in [7, 11) is -4.93. The number of alkyl halides is 1. The maximum atomic E-state index is 18.4. The molecular weight excluding hydrogens is 922 g/mol. The number of hydrogen-bond acceptors (Lipinski definition) is 9. The topological polar surface area (TPSA) is 93.2 Å². The third-order valence-corrected chi connectivity index (χ3v) is 28.1. The molecule has 3 aliphatic heterocycles. The van der Waals surface area contributed by atoms with Crippen LogP contribution in [0.25, 0.3) is 32.9 Å². The number of hydrogen-bond donors (Lipinski definition) is 0. The van der Waals surface area contributed by atoms with Gasteiger partial charge in [-0.2, -0.15) is 9.97 Å². The van der Waals surface area contributed by atoms with Crippen molar-refractivity contribution >= 4 is 50.0 Å². The molecule has 4 aromatic rings. The van der Waals surface area contributed by atoms with Crippen LogP contribution in [-0.4, -0.2) is 97.4 Å².